The minimum atomic E-state index is 1.06. The average Bonchev–Trinajstić information content (AvgIpc) is 2.33. The number of benzene rings is 2. The van der Waals surface area contributed by atoms with E-state index in [9.17, 15) is 0 Å². The van der Waals surface area contributed by atoms with Crippen molar-refractivity contribution in [2.45, 2.75) is 0 Å². The molecule has 0 fully saturated rings. The van der Waals surface area contributed by atoms with Crippen LogP contribution in [0.15, 0.2) is 53.0 Å². The van der Waals surface area contributed by atoms with Gasteiger partial charge in [0.25, 0.3) is 0 Å². The summed E-state index contributed by atoms with van der Waals surface area (Å²) in [4.78, 5) is 0. The Morgan fingerprint density at radius 2 is 1.38 bits per heavy atom. The van der Waals surface area contributed by atoms with Gasteiger partial charge in [0.05, 0.1) is 17.1 Å². The van der Waals surface area contributed by atoms with Gasteiger partial charge in [-0.1, -0.05) is 24.3 Å². The molecule has 82 valence electrons. The van der Waals surface area contributed by atoms with Crippen molar-refractivity contribution < 1.29 is 0 Å². The van der Waals surface area contributed by atoms with E-state index in [-0.39, 0.29) is 0 Å². The minimum absolute atomic E-state index is 1.06. The van der Waals surface area contributed by atoms with Crippen molar-refractivity contribution in [3.8, 4) is 0 Å². The SMILES string of the molecule is CNc1ccccc1Nc1ccccc1Br. The average molecular weight is 277 g/mol. The standard InChI is InChI=1S/C13H13BrN2/c1-15-12-8-4-5-9-13(12)16-11-7-3-2-6-10(11)14/h2-9,15-16H,1H3. The highest BCUT2D eigenvalue weighted by molar-refractivity contribution is 9.10. The van der Waals surface area contributed by atoms with Crippen LogP contribution in [0.25, 0.3) is 0 Å². The first-order valence-electron chi connectivity index (χ1n) is 5.09. The summed E-state index contributed by atoms with van der Waals surface area (Å²) in [5.74, 6) is 0. The fraction of sp³-hybridized carbons (Fsp3) is 0.0769. The molecule has 0 aliphatic heterocycles. The van der Waals surface area contributed by atoms with Gasteiger partial charge in [0, 0.05) is 11.5 Å². The smallest absolute Gasteiger partial charge is 0.0620 e. The molecule has 0 aliphatic carbocycles. The lowest BCUT2D eigenvalue weighted by Gasteiger charge is -2.12. The molecule has 0 radical (unpaired) electrons. The molecule has 3 heteroatoms. The molecule has 0 saturated carbocycles. The van der Waals surface area contributed by atoms with Gasteiger partial charge in [-0.2, -0.15) is 0 Å². The van der Waals surface area contributed by atoms with E-state index in [2.05, 4.69) is 26.6 Å². The minimum Gasteiger partial charge on any atom is -0.386 e. The van der Waals surface area contributed by atoms with Gasteiger partial charge in [0.2, 0.25) is 0 Å². The predicted molar refractivity (Wildman–Crippen MR) is 73.4 cm³/mol. The molecular formula is C13H13BrN2. The summed E-state index contributed by atoms with van der Waals surface area (Å²) >= 11 is 3.52. The van der Waals surface area contributed by atoms with Crippen molar-refractivity contribution >= 4 is 33.0 Å². The van der Waals surface area contributed by atoms with E-state index in [4.69, 9.17) is 0 Å². The number of hydrogen-bond acceptors (Lipinski definition) is 2. The van der Waals surface area contributed by atoms with Crippen LogP contribution in [0.5, 0.6) is 0 Å². The third kappa shape index (κ3) is 2.36. The fourth-order valence-electron chi connectivity index (χ4n) is 1.52. The number of para-hydroxylation sites is 3. The van der Waals surface area contributed by atoms with Crippen LogP contribution in [0.1, 0.15) is 0 Å². The zero-order valence-corrected chi connectivity index (χ0v) is 10.6. The first-order chi connectivity index (χ1) is 7.81. The quantitative estimate of drug-likeness (QED) is 0.877. The number of nitrogens with one attached hydrogen (secondary N) is 2. The largest absolute Gasteiger partial charge is 0.386 e. The third-order valence-electron chi connectivity index (χ3n) is 2.34. The van der Waals surface area contributed by atoms with E-state index in [1.54, 1.807) is 0 Å². The van der Waals surface area contributed by atoms with E-state index in [0.717, 1.165) is 21.5 Å². The molecule has 0 unspecified atom stereocenters. The summed E-state index contributed by atoms with van der Waals surface area (Å²) in [5.41, 5.74) is 3.21. The summed E-state index contributed by atoms with van der Waals surface area (Å²) < 4.78 is 1.06. The highest BCUT2D eigenvalue weighted by Gasteiger charge is 2.02. The Morgan fingerprint density at radius 3 is 2.00 bits per heavy atom. The van der Waals surface area contributed by atoms with Gasteiger partial charge in [-0.15, -0.1) is 0 Å². The van der Waals surface area contributed by atoms with Crippen molar-refractivity contribution in [1.82, 2.24) is 0 Å². The van der Waals surface area contributed by atoms with Crippen LogP contribution in [0.3, 0.4) is 0 Å². The van der Waals surface area contributed by atoms with E-state index in [0.29, 0.717) is 0 Å². The molecule has 2 aromatic rings. The van der Waals surface area contributed by atoms with Gasteiger partial charge in [0.15, 0.2) is 0 Å². The first-order valence-corrected chi connectivity index (χ1v) is 5.89. The molecular weight excluding hydrogens is 264 g/mol. The molecule has 0 atom stereocenters. The molecule has 0 saturated heterocycles. The Bertz CT molecular complexity index is 483. The Morgan fingerprint density at radius 1 is 0.812 bits per heavy atom. The Balaban J connectivity index is 2.30. The van der Waals surface area contributed by atoms with Crippen molar-refractivity contribution in [2.75, 3.05) is 17.7 Å². The topological polar surface area (TPSA) is 24.1 Å². The van der Waals surface area contributed by atoms with Gasteiger partial charge >= 0.3 is 0 Å². The van der Waals surface area contributed by atoms with Crippen LogP contribution in [-0.4, -0.2) is 7.05 Å². The van der Waals surface area contributed by atoms with E-state index >= 15 is 0 Å². The number of hydrogen-bond donors (Lipinski definition) is 2. The van der Waals surface area contributed by atoms with Gasteiger partial charge < -0.3 is 10.6 Å². The number of rotatable bonds is 3. The van der Waals surface area contributed by atoms with Crippen LogP contribution >= 0.6 is 15.9 Å². The zero-order valence-electron chi connectivity index (χ0n) is 9.00. The molecule has 2 nitrogen and oxygen atoms in total. The van der Waals surface area contributed by atoms with Gasteiger partial charge in [0.1, 0.15) is 0 Å². The second-order valence-electron chi connectivity index (χ2n) is 3.40. The van der Waals surface area contributed by atoms with E-state index < -0.39 is 0 Å². The molecule has 2 rings (SSSR count). The molecule has 0 spiro atoms. The van der Waals surface area contributed by atoms with Crippen LogP contribution in [0, 0.1) is 0 Å². The summed E-state index contributed by atoms with van der Waals surface area (Å²) in [7, 11) is 1.92. The second-order valence-corrected chi connectivity index (χ2v) is 4.25. The molecule has 2 aromatic carbocycles. The Labute approximate surface area is 104 Å². The van der Waals surface area contributed by atoms with Gasteiger partial charge in [-0.05, 0) is 40.2 Å². The summed E-state index contributed by atoms with van der Waals surface area (Å²) in [6.45, 7) is 0. The van der Waals surface area contributed by atoms with Crippen molar-refractivity contribution in [2.24, 2.45) is 0 Å². The summed E-state index contributed by atoms with van der Waals surface area (Å²) in [5, 5.41) is 6.54. The van der Waals surface area contributed by atoms with E-state index in [1.165, 1.54) is 0 Å². The number of halogens is 1. The van der Waals surface area contributed by atoms with Crippen molar-refractivity contribution in [1.29, 1.82) is 0 Å². The third-order valence-corrected chi connectivity index (χ3v) is 3.03. The first kappa shape index (κ1) is 11.0. The van der Waals surface area contributed by atoms with Crippen LogP contribution in [0.2, 0.25) is 0 Å². The monoisotopic (exact) mass is 276 g/mol. The maximum Gasteiger partial charge on any atom is 0.0620 e. The Kier molecular flexibility index (Phi) is 3.47. The number of anilines is 3. The lowest BCUT2D eigenvalue weighted by molar-refractivity contribution is 1.47. The van der Waals surface area contributed by atoms with Crippen molar-refractivity contribution in [3.05, 3.63) is 53.0 Å². The maximum absolute atomic E-state index is 3.52. The van der Waals surface area contributed by atoms with Crippen molar-refractivity contribution in [3.63, 3.8) is 0 Å². The molecule has 0 heterocycles. The highest BCUT2D eigenvalue weighted by atomic mass is 79.9. The molecule has 0 aromatic heterocycles. The molecule has 0 amide bonds. The van der Waals surface area contributed by atoms with E-state index in [1.807, 2.05) is 55.6 Å². The molecule has 16 heavy (non-hydrogen) atoms. The molecule has 0 aliphatic rings. The normalized spacial score (nSPS) is 9.88. The van der Waals surface area contributed by atoms with Gasteiger partial charge in [-0.3, -0.25) is 0 Å². The highest BCUT2D eigenvalue weighted by Crippen LogP contribution is 2.29. The fourth-order valence-corrected chi connectivity index (χ4v) is 1.90. The molecule has 2 N–H and O–H groups in total. The van der Waals surface area contributed by atoms with Crippen LogP contribution < -0.4 is 10.6 Å². The van der Waals surface area contributed by atoms with Crippen LogP contribution in [0.4, 0.5) is 17.1 Å². The Hall–Kier alpha value is -1.48. The molecule has 0 bridgehead atoms. The lowest BCUT2D eigenvalue weighted by Crippen LogP contribution is -1.96. The summed E-state index contributed by atoms with van der Waals surface area (Å²) in [6, 6.07) is 16.2. The lowest BCUT2D eigenvalue weighted by atomic mass is 10.2. The predicted octanol–water partition coefficient (Wildman–Crippen LogP) is 4.23. The van der Waals surface area contributed by atoms with Crippen LogP contribution in [-0.2, 0) is 0 Å². The van der Waals surface area contributed by atoms with Gasteiger partial charge in [-0.25, -0.2) is 0 Å². The zero-order chi connectivity index (χ0) is 11.4. The second kappa shape index (κ2) is 5.03. The maximum atomic E-state index is 3.52. The summed E-state index contributed by atoms with van der Waals surface area (Å²) in [6.07, 6.45) is 0.